The molecule has 0 saturated carbocycles. The highest BCUT2D eigenvalue weighted by Gasteiger charge is 2.32. The van der Waals surface area contributed by atoms with Crippen molar-refractivity contribution in [1.29, 1.82) is 0 Å². The summed E-state index contributed by atoms with van der Waals surface area (Å²) in [5.41, 5.74) is 2.05. The highest BCUT2D eigenvalue weighted by molar-refractivity contribution is 5.79. The number of carbonyl (C=O) groups is 1. The number of aromatic nitrogens is 1. The summed E-state index contributed by atoms with van der Waals surface area (Å²) in [7, 11) is 0. The Labute approximate surface area is 121 Å². The van der Waals surface area contributed by atoms with Crippen LogP contribution in [0.2, 0.25) is 0 Å². The number of carbonyl (C=O) groups excluding carboxylic acids is 1. The molecule has 1 fully saturated rings. The van der Waals surface area contributed by atoms with Crippen molar-refractivity contribution in [1.82, 2.24) is 10.1 Å². The first kappa shape index (κ1) is 15.1. The van der Waals surface area contributed by atoms with Crippen molar-refractivity contribution in [2.75, 3.05) is 6.54 Å². The molecule has 1 amide bonds. The summed E-state index contributed by atoms with van der Waals surface area (Å²) in [5.74, 6) is 0.980. The topological polar surface area (TPSA) is 46.3 Å². The Hall–Kier alpha value is -1.32. The van der Waals surface area contributed by atoms with Crippen LogP contribution < -0.4 is 0 Å². The molecule has 0 bridgehead atoms. The van der Waals surface area contributed by atoms with Crippen LogP contribution in [-0.2, 0) is 11.2 Å². The van der Waals surface area contributed by atoms with Gasteiger partial charge in [0.1, 0.15) is 5.76 Å². The van der Waals surface area contributed by atoms with Crippen molar-refractivity contribution < 1.29 is 9.32 Å². The fraction of sp³-hybridized carbons (Fsp3) is 0.750. The Morgan fingerprint density at radius 2 is 2.10 bits per heavy atom. The third-order valence-electron chi connectivity index (χ3n) is 4.05. The molecule has 112 valence electrons. The fourth-order valence-electron chi connectivity index (χ4n) is 3.09. The van der Waals surface area contributed by atoms with Gasteiger partial charge < -0.3 is 9.42 Å². The number of likely N-dealkylation sites (tertiary alicyclic amines) is 1. The van der Waals surface area contributed by atoms with Gasteiger partial charge in [-0.2, -0.15) is 0 Å². The molecule has 4 nitrogen and oxygen atoms in total. The molecule has 1 aromatic heterocycles. The summed E-state index contributed by atoms with van der Waals surface area (Å²) in [6, 6.07) is 0.392. The lowest BCUT2D eigenvalue weighted by atomic mass is 9.87. The van der Waals surface area contributed by atoms with Gasteiger partial charge in [0.25, 0.3) is 0 Å². The molecule has 1 unspecified atom stereocenters. The van der Waals surface area contributed by atoms with Gasteiger partial charge in [-0.25, -0.2) is 0 Å². The molecule has 4 heteroatoms. The van der Waals surface area contributed by atoms with Gasteiger partial charge in [-0.05, 0) is 38.5 Å². The summed E-state index contributed by atoms with van der Waals surface area (Å²) in [5, 5.41) is 3.93. The van der Waals surface area contributed by atoms with Crippen LogP contribution in [0.4, 0.5) is 0 Å². The van der Waals surface area contributed by atoms with Gasteiger partial charge in [-0.3, -0.25) is 4.79 Å². The van der Waals surface area contributed by atoms with Gasteiger partial charge in [0.15, 0.2) is 0 Å². The van der Waals surface area contributed by atoms with Crippen molar-refractivity contribution in [3.05, 3.63) is 17.0 Å². The minimum absolute atomic E-state index is 0.214. The predicted molar refractivity (Wildman–Crippen MR) is 78.5 cm³/mol. The van der Waals surface area contributed by atoms with Crippen LogP contribution in [-0.4, -0.2) is 28.6 Å². The van der Waals surface area contributed by atoms with E-state index in [1.165, 1.54) is 0 Å². The number of nitrogens with zero attached hydrogens (tertiary/aromatic N) is 2. The minimum atomic E-state index is 0.214. The molecule has 0 aliphatic carbocycles. The SMILES string of the molecule is Cc1noc(C)c1CC(=O)N1CCCC1CC(C)(C)C. The van der Waals surface area contributed by atoms with Gasteiger partial charge in [0.05, 0.1) is 12.1 Å². The first-order valence-electron chi connectivity index (χ1n) is 7.49. The normalized spacial score (nSPS) is 19.6. The summed E-state index contributed by atoms with van der Waals surface area (Å²) in [6.07, 6.45) is 3.74. The average Bonchev–Trinajstić information content (AvgIpc) is 2.88. The Bertz CT molecular complexity index is 466. The van der Waals surface area contributed by atoms with Gasteiger partial charge in [-0.15, -0.1) is 0 Å². The fourth-order valence-corrected chi connectivity index (χ4v) is 3.09. The van der Waals surface area contributed by atoms with Crippen LogP contribution in [0.1, 0.15) is 57.1 Å². The molecule has 1 aliphatic heterocycles. The number of rotatable bonds is 3. The van der Waals surface area contributed by atoms with Crippen LogP contribution in [0.5, 0.6) is 0 Å². The largest absolute Gasteiger partial charge is 0.361 e. The smallest absolute Gasteiger partial charge is 0.227 e. The van der Waals surface area contributed by atoms with Gasteiger partial charge >= 0.3 is 0 Å². The molecule has 2 heterocycles. The highest BCUT2D eigenvalue weighted by Crippen LogP contribution is 2.30. The van der Waals surface area contributed by atoms with Crippen molar-refractivity contribution in [3.63, 3.8) is 0 Å². The van der Waals surface area contributed by atoms with Crippen LogP contribution in [0.15, 0.2) is 4.52 Å². The summed E-state index contributed by atoms with van der Waals surface area (Å²) in [4.78, 5) is 14.6. The van der Waals surface area contributed by atoms with Crippen LogP contribution in [0.25, 0.3) is 0 Å². The number of hydrogen-bond acceptors (Lipinski definition) is 3. The van der Waals surface area contributed by atoms with E-state index < -0.39 is 0 Å². The zero-order chi connectivity index (χ0) is 14.9. The standard InChI is InChI=1S/C16H26N2O2/c1-11-14(12(2)20-17-11)9-15(19)18-8-6-7-13(18)10-16(3,4)5/h13H,6-10H2,1-5H3. The van der Waals surface area contributed by atoms with Crippen molar-refractivity contribution in [2.24, 2.45) is 5.41 Å². The Morgan fingerprint density at radius 3 is 2.65 bits per heavy atom. The van der Waals surface area contributed by atoms with E-state index in [4.69, 9.17) is 4.52 Å². The second kappa shape index (κ2) is 5.58. The average molecular weight is 278 g/mol. The minimum Gasteiger partial charge on any atom is -0.361 e. The molecule has 0 radical (unpaired) electrons. The number of aryl methyl sites for hydroxylation is 2. The molecule has 1 atom stereocenters. The quantitative estimate of drug-likeness (QED) is 0.852. The Morgan fingerprint density at radius 1 is 1.40 bits per heavy atom. The Balaban J connectivity index is 2.05. The van der Waals surface area contributed by atoms with E-state index >= 15 is 0 Å². The van der Waals surface area contributed by atoms with Crippen LogP contribution in [0.3, 0.4) is 0 Å². The van der Waals surface area contributed by atoms with E-state index in [1.54, 1.807) is 0 Å². The summed E-state index contributed by atoms with van der Waals surface area (Å²) >= 11 is 0. The molecular weight excluding hydrogens is 252 g/mol. The lowest BCUT2D eigenvalue weighted by Crippen LogP contribution is -2.38. The second-order valence-electron chi connectivity index (χ2n) is 7.13. The van der Waals surface area contributed by atoms with Crippen LogP contribution >= 0.6 is 0 Å². The van der Waals surface area contributed by atoms with Crippen molar-refractivity contribution in [2.45, 2.75) is 66.3 Å². The van der Waals surface area contributed by atoms with E-state index in [0.29, 0.717) is 12.5 Å². The van der Waals surface area contributed by atoms with E-state index in [2.05, 4.69) is 30.8 Å². The van der Waals surface area contributed by atoms with Gasteiger partial charge in [-0.1, -0.05) is 25.9 Å². The summed E-state index contributed by atoms with van der Waals surface area (Å²) in [6.45, 7) is 11.4. The molecular formula is C16H26N2O2. The molecule has 1 aliphatic rings. The zero-order valence-electron chi connectivity index (χ0n) is 13.3. The zero-order valence-corrected chi connectivity index (χ0v) is 13.3. The first-order valence-corrected chi connectivity index (χ1v) is 7.49. The third-order valence-corrected chi connectivity index (χ3v) is 4.05. The highest BCUT2D eigenvalue weighted by atomic mass is 16.5. The lowest BCUT2D eigenvalue weighted by Gasteiger charge is -2.30. The van der Waals surface area contributed by atoms with E-state index in [1.807, 2.05) is 13.8 Å². The van der Waals surface area contributed by atoms with Crippen molar-refractivity contribution >= 4 is 5.91 Å². The maximum absolute atomic E-state index is 12.6. The molecule has 1 aromatic rings. The maximum Gasteiger partial charge on any atom is 0.227 e. The molecule has 2 rings (SSSR count). The number of hydrogen-bond donors (Lipinski definition) is 0. The Kier molecular flexibility index (Phi) is 4.21. The lowest BCUT2D eigenvalue weighted by molar-refractivity contribution is -0.131. The third kappa shape index (κ3) is 3.41. The maximum atomic E-state index is 12.6. The number of amides is 1. The van der Waals surface area contributed by atoms with Gasteiger partial charge in [0, 0.05) is 18.2 Å². The molecule has 0 spiro atoms. The molecule has 0 N–H and O–H groups in total. The second-order valence-corrected chi connectivity index (χ2v) is 7.13. The monoisotopic (exact) mass is 278 g/mol. The molecule has 0 aromatic carbocycles. The van der Waals surface area contributed by atoms with Gasteiger partial charge in [0.2, 0.25) is 5.91 Å². The molecule has 1 saturated heterocycles. The summed E-state index contributed by atoms with van der Waals surface area (Å²) < 4.78 is 5.15. The van der Waals surface area contributed by atoms with E-state index in [9.17, 15) is 4.79 Å². The van der Waals surface area contributed by atoms with Crippen LogP contribution in [0, 0.1) is 19.3 Å². The van der Waals surface area contributed by atoms with E-state index in [-0.39, 0.29) is 11.3 Å². The van der Waals surface area contributed by atoms with Crippen molar-refractivity contribution in [3.8, 4) is 0 Å². The van der Waals surface area contributed by atoms with E-state index in [0.717, 1.165) is 42.8 Å². The first-order chi connectivity index (χ1) is 9.28. The molecule has 20 heavy (non-hydrogen) atoms. The predicted octanol–water partition coefficient (Wildman–Crippen LogP) is 3.26.